The van der Waals surface area contributed by atoms with Crippen molar-refractivity contribution >= 4 is 0 Å². The maximum absolute atomic E-state index is 10.3. The van der Waals surface area contributed by atoms with Crippen molar-refractivity contribution in [2.75, 3.05) is 32.8 Å². The summed E-state index contributed by atoms with van der Waals surface area (Å²) in [6.07, 6.45) is -0.446. The van der Waals surface area contributed by atoms with E-state index in [-0.39, 0.29) is 0 Å². The molecule has 0 saturated heterocycles. The minimum Gasteiger partial charge on any atom is -0.491 e. The Hall–Kier alpha value is -1.84. The third kappa shape index (κ3) is 4.83. The van der Waals surface area contributed by atoms with E-state index in [1.54, 1.807) is 0 Å². The molecule has 0 aliphatic heterocycles. The van der Waals surface area contributed by atoms with Gasteiger partial charge in [-0.15, -0.1) is 0 Å². The highest BCUT2D eigenvalue weighted by molar-refractivity contribution is 5.63. The van der Waals surface area contributed by atoms with Crippen LogP contribution in [0.15, 0.2) is 54.6 Å². The number of benzene rings is 2. The zero-order valence-corrected chi connectivity index (χ0v) is 15.1. The van der Waals surface area contributed by atoms with E-state index in [0.717, 1.165) is 36.4 Å². The van der Waals surface area contributed by atoms with Gasteiger partial charge in [-0.3, -0.25) is 0 Å². The summed E-state index contributed by atoms with van der Waals surface area (Å²) in [6, 6.07) is 18.3. The van der Waals surface area contributed by atoms with Crippen molar-refractivity contribution in [3.63, 3.8) is 0 Å². The number of likely N-dealkylation sites (N-methyl/N-ethyl adjacent to an activating group) is 1. The zero-order chi connectivity index (χ0) is 17.4. The molecule has 2 aromatic rings. The number of aliphatic hydroxyl groups excluding tert-OH is 1. The van der Waals surface area contributed by atoms with Crippen molar-refractivity contribution in [2.24, 2.45) is 0 Å². The van der Waals surface area contributed by atoms with Gasteiger partial charge in [-0.2, -0.15) is 0 Å². The summed E-state index contributed by atoms with van der Waals surface area (Å²) in [5.74, 6) is 0.802. The first-order chi connectivity index (χ1) is 11.6. The Labute approximate surface area is 146 Å². The van der Waals surface area contributed by atoms with E-state index in [1.807, 2.05) is 30.3 Å². The molecular formula is C21H30NO2+. The van der Waals surface area contributed by atoms with Gasteiger partial charge in [-0.25, -0.2) is 0 Å². The first kappa shape index (κ1) is 18.5. The van der Waals surface area contributed by atoms with Gasteiger partial charge in [0.1, 0.15) is 25.0 Å². The van der Waals surface area contributed by atoms with Crippen LogP contribution in [0, 0.1) is 0 Å². The smallest absolute Gasteiger partial charge is 0.137 e. The normalized spacial score (nSPS) is 12.8. The second-order valence-corrected chi connectivity index (χ2v) is 6.33. The Morgan fingerprint density at radius 1 is 0.833 bits per heavy atom. The molecule has 0 bridgehead atoms. The summed E-state index contributed by atoms with van der Waals surface area (Å²) < 4.78 is 6.71. The van der Waals surface area contributed by atoms with Crippen LogP contribution in [0.1, 0.15) is 20.8 Å². The molecule has 0 radical (unpaired) electrons. The molecule has 0 saturated carbocycles. The van der Waals surface area contributed by atoms with Crippen molar-refractivity contribution in [3.05, 3.63) is 54.6 Å². The molecule has 3 heteroatoms. The molecular weight excluding hydrogens is 298 g/mol. The lowest BCUT2D eigenvalue weighted by Crippen LogP contribution is -2.52. The molecule has 0 heterocycles. The molecule has 0 unspecified atom stereocenters. The van der Waals surface area contributed by atoms with Crippen LogP contribution < -0.4 is 4.74 Å². The van der Waals surface area contributed by atoms with Crippen LogP contribution in [0.4, 0.5) is 0 Å². The van der Waals surface area contributed by atoms with Crippen molar-refractivity contribution in [1.82, 2.24) is 0 Å². The van der Waals surface area contributed by atoms with Gasteiger partial charge >= 0.3 is 0 Å². The summed E-state index contributed by atoms with van der Waals surface area (Å²) in [4.78, 5) is 0. The quantitative estimate of drug-likeness (QED) is 0.706. The largest absolute Gasteiger partial charge is 0.491 e. The second-order valence-electron chi connectivity index (χ2n) is 6.33. The van der Waals surface area contributed by atoms with E-state index < -0.39 is 6.10 Å². The number of hydrogen-bond donors (Lipinski definition) is 1. The highest BCUT2D eigenvalue weighted by Gasteiger charge is 2.25. The third-order valence-electron chi connectivity index (χ3n) is 5.01. The van der Waals surface area contributed by atoms with E-state index >= 15 is 0 Å². The number of quaternary nitrogens is 1. The molecule has 24 heavy (non-hydrogen) atoms. The second kappa shape index (κ2) is 8.86. The Balaban J connectivity index is 1.90. The highest BCUT2D eigenvalue weighted by Crippen LogP contribution is 2.22. The Bertz CT molecular complexity index is 583. The van der Waals surface area contributed by atoms with Crippen LogP contribution in [-0.2, 0) is 0 Å². The summed E-state index contributed by atoms with van der Waals surface area (Å²) in [5.41, 5.74) is 2.36. The van der Waals surface area contributed by atoms with Gasteiger partial charge in [-0.1, -0.05) is 42.5 Å². The lowest BCUT2D eigenvalue weighted by atomic mass is 10.1. The van der Waals surface area contributed by atoms with Crippen molar-refractivity contribution in [1.29, 1.82) is 0 Å². The minimum atomic E-state index is -0.446. The molecule has 130 valence electrons. The maximum Gasteiger partial charge on any atom is 0.137 e. The first-order valence-electron chi connectivity index (χ1n) is 8.94. The van der Waals surface area contributed by atoms with Gasteiger partial charge in [-0.05, 0) is 44.0 Å². The Morgan fingerprint density at radius 2 is 1.38 bits per heavy atom. The average Bonchev–Trinajstić information content (AvgIpc) is 2.66. The molecule has 0 amide bonds. The molecule has 3 nitrogen and oxygen atoms in total. The molecule has 2 aromatic carbocycles. The summed E-state index contributed by atoms with van der Waals surface area (Å²) >= 11 is 0. The van der Waals surface area contributed by atoms with Gasteiger partial charge in [0.25, 0.3) is 0 Å². The molecule has 1 N–H and O–H groups in total. The fourth-order valence-electron chi connectivity index (χ4n) is 3.12. The van der Waals surface area contributed by atoms with Gasteiger partial charge in [0.05, 0.1) is 19.6 Å². The molecule has 0 fully saturated rings. The fraction of sp³-hybridized carbons (Fsp3) is 0.429. The molecule has 0 aliphatic rings. The predicted molar refractivity (Wildman–Crippen MR) is 100 cm³/mol. The minimum absolute atomic E-state index is 0.338. The number of nitrogens with zero attached hydrogens (tertiary/aromatic N) is 1. The third-order valence-corrected chi connectivity index (χ3v) is 5.01. The van der Waals surface area contributed by atoms with E-state index in [0.29, 0.717) is 6.61 Å². The first-order valence-corrected chi connectivity index (χ1v) is 8.94. The topological polar surface area (TPSA) is 29.5 Å². The van der Waals surface area contributed by atoms with Crippen molar-refractivity contribution < 1.29 is 14.3 Å². The SMILES string of the molecule is CC[N+](CC)(CC)C[C@@H](O)COc1ccc(-c2ccccc2)cc1. The highest BCUT2D eigenvalue weighted by atomic mass is 16.5. The number of ether oxygens (including phenoxy) is 1. The standard InChI is InChI=1S/C21H30NO2/c1-4-22(5-2,6-3)16-20(23)17-24-21-14-12-19(13-15-21)18-10-8-7-9-11-18/h7-15,20,23H,4-6,16-17H2,1-3H3/q+1/t20-/m1/s1. The van der Waals surface area contributed by atoms with E-state index in [1.165, 1.54) is 11.1 Å². The maximum atomic E-state index is 10.3. The zero-order valence-electron chi connectivity index (χ0n) is 15.1. The monoisotopic (exact) mass is 328 g/mol. The van der Waals surface area contributed by atoms with Crippen LogP contribution in [0.3, 0.4) is 0 Å². The molecule has 0 aromatic heterocycles. The van der Waals surface area contributed by atoms with Gasteiger partial charge < -0.3 is 14.3 Å². The van der Waals surface area contributed by atoms with Gasteiger partial charge in [0, 0.05) is 0 Å². The predicted octanol–water partition coefficient (Wildman–Crippen LogP) is 3.97. The van der Waals surface area contributed by atoms with Gasteiger partial charge in [0.2, 0.25) is 0 Å². The Morgan fingerprint density at radius 3 is 1.92 bits per heavy atom. The summed E-state index contributed by atoms with van der Waals surface area (Å²) in [7, 11) is 0. The molecule has 0 aliphatic carbocycles. The van der Waals surface area contributed by atoms with E-state index in [4.69, 9.17) is 4.74 Å². The van der Waals surface area contributed by atoms with Crippen molar-refractivity contribution in [2.45, 2.75) is 26.9 Å². The van der Waals surface area contributed by atoms with E-state index in [9.17, 15) is 5.11 Å². The van der Waals surface area contributed by atoms with Crippen LogP contribution in [0.2, 0.25) is 0 Å². The van der Waals surface area contributed by atoms with Crippen LogP contribution in [0.5, 0.6) is 5.75 Å². The van der Waals surface area contributed by atoms with E-state index in [2.05, 4.69) is 45.0 Å². The molecule has 2 rings (SSSR count). The van der Waals surface area contributed by atoms with Crippen LogP contribution in [0.25, 0.3) is 11.1 Å². The number of hydrogen-bond acceptors (Lipinski definition) is 2. The molecule has 1 atom stereocenters. The Kier molecular flexibility index (Phi) is 6.83. The lowest BCUT2D eigenvalue weighted by Gasteiger charge is -2.37. The number of aliphatic hydroxyl groups is 1. The summed E-state index contributed by atoms with van der Waals surface area (Å²) in [5, 5.41) is 10.3. The van der Waals surface area contributed by atoms with Crippen LogP contribution in [-0.4, -0.2) is 48.5 Å². The number of rotatable bonds is 9. The van der Waals surface area contributed by atoms with Crippen LogP contribution >= 0.6 is 0 Å². The average molecular weight is 328 g/mol. The van der Waals surface area contributed by atoms with Crippen molar-refractivity contribution in [3.8, 4) is 16.9 Å². The summed E-state index contributed by atoms with van der Waals surface area (Å²) in [6.45, 7) is 10.7. The molecule has 0 spiro atoms. The van der Waals surface area contributed by atoms with Gasteiger partial charge in [0.15, 0.2) is 0 Å². The lowest BCUT2D eigenvalue weighted by molar-refractivity contribution is -0.926. The fourth-order valence-corrected chi connectivity index (χ4v) is 3.12.